The number of rotatable bonds is 6. The van der Waals surface area contributed by atoms with Crippen LogP contribution in [0.15, 0.2) is 0 Å². The first-order chi connectivity index (χ1) is 6.93. The van der Waals surface area contributed by atoms with Gasteiger partial charge in [-0.05, 0) is 21.0 Å². The molecule has 0 bridgehead atoms. The van der Waals surface area contributed by atoms with E-state index in [1.54, 1.807) is 0 Å². The number of amides is 2. The zero-order valence-electron chi connectivity index (χ0n) is 9.11. The van der Waals surface area contributed by atoms with Crippen LogP contribution in [0, 0.1) is 0 Å². The van der Waals surface area contributed by atoms with Gasteiger partial charge in [0, 0.05) is 12.6 Å². The van der Waals surface area contributed by atoms with Crippen molar-refractivity contribution in [3.8, 4) is 0 Å². The number of carboxylic acid groups (broad SMARTS) is 1. The van der Waals surface area contributed by atoms with Gasteiger partial charge >= 0.3 is 12.0 Å². The third-order valence-corrected chi connectivity index (χ3v) is 1.80. The zero-order valence-corrected chi connectivity index (χ0v) is 9.11. The summed E-state index contributed by atoms with van der Waals surface area (Å²) >= 11 is 0. The van der Waals surface area contributed by atoms with Crippen LogP contribution in [0.3, 0.4) is 0 Å². The smallest absolute Gasteiger partial charge is 0.338 e. The lowest BCUT2D eigenvalue weighted by Gasteiger charge is -2.19. The Morgan fingerprint density at radius 3 is 2.53 bits per heavy atom. The molecule has 3 N–H and O–H groups in total. The number of hydrogen-bond acceptors (Lipinski definition) is 4. The molecule has 0 aromatic rings. The summed E-state index contributed by atoms with van der Waals surface area (Å²) in [6.45, 7) is 1.84. The van der Waals surface area contributed by atoms with Crippen LogP contribution in [0.2, 0.25) is 0 Å². The summed E-state index contributed by atoms with van der Waals surface area (Å²) in [5, 5.41) is 10.7. The van der Waals surface area contributed by atoms with Gasteiger partial charge in [0.05, 0.1) is 0 Å². The summed E-state index contributed by atoms with van der Waals surface area (Å²) in [5.41, 5.74) is 1.96. The summed E-state index contributed by atoms with van der Waals surface area (Å²) in [6, 6.07) is -0.361. The standard InChI is InChI=1S/C8H17N3O4/c1-6(11(2)3)4-9-8(14)10-15-5-7(12)13/h6H,4-5H2,1-3H3,(H,12,13)(H2,9,10,14). The minimum absolute atomic E-state index is 0.190. The van der Waals surface area contributed by atoms with Crippen LogP contribution >= 0.6 is 0 Å². The Morgan fingerprint density at radius 1 is 1.47 bits per heavy atom. The van der Waals surface area contributed by atoms with Gasteiger partial charge in [-0.15, -0.1) is 0 Å². The lowest BCUT2D eigenvalue weighted by molar-refractivity contribution is -0.144. The second-order valence-electron chi connectivity index (χ2n) is 3.31. The number of urea groups is 1. The molecule has 0 aliphatic carbocycles. The first-order valence-electron chi connectivity index (χ1n) is 4.47. The van der Waals surface area contributed by atoms with E-state index in [-0.39, 0.29) is 6.04 Å². The molecule has 7 nitrogen and oxygen atoms in total. The number of carboxylic acids is 1. The Labute approximate surface area is 88.3 Å². The molecule has 0 radical (unpaired) electrons. The molecule has 0 fully saturated rings. The van der Waals surface area contributed by atoms with E-state index < -0.39 is 18.6 Å². The normalized spacial score (nSPS) is 12.3. The molecule has 0 aromatic heterocycles. The minimum atomic E-state index is -1.14. The zero-order chi connectivity index (χ0) is 11.8. The number of nitrogens with one attached hydrogen (secondary N) is 2. The first kappa shape index (κ1) is 13.7. The topological polar surface area (TPSA) is 90.9 Å². The Kier molecular flexibility index (Phi) is 6.39. The first-order valence-corrected chi connectivity index (χ1v) is 4.47. The van der Waals surface area contributed by atoms with Crippen molar-refractivity contribution in [2.45, 2.75) is 13.0 Å². The van der Waals surface area contributed by atoms with Crippen LogP contribution in [-0.2, 0) is 9.63 Å². The van der Waals surface area contributed by atoms with Crippen molar-refractivity contribution in [1.82, 2.24) is 15.7 Å². The Morgan fingerprint density at radius 2 is 2.07 bits per heavy atom. The van der Waals surface area contributed by atoms with Crippen LogP contribution in [0.1, 0.15) is 6.92 Å². The Bertz CT molecular complexity index is 220. The van der Waals surface area contributed by atoms with Crippen molar-refractivity contribution in [3.05, 3.63) is 0 Å². The lowest BCUT2D eigenvalue weighted by atomic mass is 10.3. The van der Waals surface area contributed by atoms with Crippen LogP contribution in [0.4, 0.5) is 4.79 Å². The number of hydroxylamine groups is 1. The van der Waals surface area contributed by atoms with Gasteiger partial charge in [0.1, 0.15) is 0 Å². The van der Waals surface area contributed by atoms with Crippen molar-refractivity contribution in [1.29, 1.82) is 0 Å². The summed E-state index contributed by atoms with van der Waals surface area (Å²) < 4.78 is 0. The minimum Gasteiger partial charge on any atom is -0.479 e. The molecule has 1 unspecified atom stereocenters. The van der Waals surface area contributed by atoms with Gasteiger partial charge in [0.15, 0.2) is 6.61 Å². The van der Waals surface area contributed by atoms with E-state index >= 15 is 0 Å². The van der Waals surface area contributed by atoms with Gasteiger partial charge in [-0.25, -0.2) is 15.1 Å². The number of hydrogen-bond donors (Lipinski definition) is 3. The third kappa shape index (κ3) is 7.71. The fraction of sp³-hybridized carbons (Fsp3) is 0.750. The van der Waals surface area contributed by atoms with Crippen LogP contribution in [-0.4, -0.2) is 55.3 Å². The Balaban J connectivity index is 3.53. The largest absolute Gasteiger partial charge is 0.479 e. The molecule has 0 aromatic carbocycles. The van der Waals surface area contributed by atoms with Crippen LogP contribution < -0.4 is 10.8 Å². The molecule has 15 heavy (non-hydrogen) atoms. The molecule has 0 aliphatic rings. The molecule has 0 heterocycles. The summed E-state index contributed by atoms with van der Waals surface area (Å²) in [7, 11) is 3.79. The fourth-order valence-electron chi connectivity index (χ4n) is 0.622. The van der Waals surface area contributed by atoms with Crippen molar-refractivity contribution in [3.63, 3.8) is 0 Å². The molecule has 88 valence electrons. The highest BCUT2D eigenvalue weighted by atomic mass is 16.7. The second-order valence-corrected chi connectivity index (χ2v) is 3.31. The van der Waals surface area contributed by atoms with E-state index in [1.165, 1.54) is 0 Å². The number of carbonyl (C=O) groups is 2. The summed E-state index contributed by atoms with van der Waals surface area (Å²) in [4.78, 5) is 27.3. The molecular weight excluding hydrogens is 202 g/mol. The molecule has 0 spiro atoms. The maximum Gasteiger partial charge on any atom is 0.338 e. The number of likely N-dealkylation sites (N-methyl/N-ethyl adjacent to an activating group) is 1. The third-order valence-electron chi connectivity index (χ3n) is 1.80. The average molecular weight is 219 g/mol. The molecule has 2 amide bonds. The van der Waals surface area contributed by atoms with E-state index in [9.17, 15) is 9.59 Å². The summed E-state index contributed by atoms with van der Waals surface area (Å²) in [5.74, 6) is -1.14. The van der Waals surface area contributed by atoms with Crippen molar-refractivity contribution in [2.75, 3.05) is 27.2 Å². The predicted octanol–water partition coefficient (Wildman–Crippen LogP) is -0.748. The van der Waals surface area contributed by atoms with Crippen molar-refractivity contribution in [2.24, 2.45) is 0 Å². The monoisotopic (exact) mass is 219 g/mol. The Hall–Kier alpha value is -1.34. The van der Waals surface area contributed by atoms with E-state index in [1.807, 2.05) is 31.4 Å². The quantitative estimate of drug-likeness (QED) is 0.511. The molecular formula is C8H17N3O4. The molecule has 1 atom stereocenters. The average Bonchev–Trinajstić information content (AvgIpc) is 2.13. The fourth-order valence-corrected chi connectivity index (χ4v) is 0.622. The van der Waals surface area contributed by atoms with Crippen molar-refractivity contribution < 1.29 is 19.5 Å². The highest BCUT2D eigenvalue weighted by molar-refractivity contribution is 5.73. The van der Waals surface area contributed by atoms with Gasteiger partial charge in [-0.2, -0.15) is 0 Å². The van der Waals surface area contributed by atoms with Gasteiger partial charge in [-0.1, -0.05) is 0 Å². The van der Waals surface area contributed by atoms with E-state index in [0.29, 0.717) is 6.54 Å². The maximum absolute atomic E-state index is 11.0. The number of aliphatic carboxylic acids is 1. The second kappa shape index (κ2) is 7.02. The molecule has 0 rings (SSSR count). The van der Waals surface area contributed by atoms with Gasteiger partial charge < -0.3 is 15.3 Å². The maximum atomic E-state index is 11.0. The lowest BCUT2D eigenvalue weighted by Crippen LogP contribution is -2.43. The SMILES string of the molecule is CC(CNC(=O)NOCC(=O)O)N(C)C. The molecule has 7 heteroatoms. The van der Waals surface area contributed by atoms with Crippen LogP contribution in [0.25, 0.3) is 0 Å². The van der Waals surface area contributed by atoms with Gasteiger partial charge in [0.25, 0.3) is 0 Å². The van der Waals surface area contributed by atoms with E-state index in [2.05, 4.69) is 10.2 Å². The molecule has 0 saturated carbocycles. The molecule has 0 aliphatic heterocycles. The number of carbonyl (C=O) groups excluding carboxylic acids is 1. The number of nitrogens with zero attached hydrogens (tertiary/aromatic N) is 1. The van der Waals surface area contributed by atoms with Gasteiger partial charge in [0.2, 0.25) is 0 Å². The van der Waals surface area contributed by atoms with Crippen molar-refractivity contribution >= 4 is 12.0 Å². The van der Waals surface area contributed by atoms with E-state index in [0.717, 1.165) is 0 Å². The van der Waals surface area contributed by atoms with Gasteiger partial charge in [-0.3, -0.25) is 4.84 Å². The van der Waals surface area contributed by atoms with E-state index in [4.69, 9.17) is 5.11 Å². The van der Waals surface area contributed by atoms with Crippen LogP contribution in [0.5, 0.6) is 0 Å². The predicted molar refractivity (Wildman–Crippen MR) is 53.3 cm³/mol. The highest BCUT2D eigenvalue weighted by Crippen LogP contribution is 1.87. The molecule has 0 saturated heterocycles. The highest BCUT2D eigenvalue weighted by Gasteiger charge is 2.07. The summed E-state index contributed by atoms with van der Waals surface area (Å²) in [6.07, 6.45) is 0.